The van der Waals surface area contributed by atoms with Gasteiger partial charge in [-0.1, -0.05) is 48.5 Å². The first kappa shape index (κ1) is 20.5. The maximum absolute atomic E-state index is 13.4. The quantitative estimate of drug-likeness (QED) is 0.233. The Kier molecular flexibility index (Phi) is 4.20. The first-order valence-corrected chi connectivity index (χ1v) is 13.7. The Labute approximate surface area is 216 Å². The van der Waals surface area contributed by atoms with Crippen LogP contribution in [-0.4, -0.2) is 6.61 Å². The molecule has 0 radical (unpaired) electrons. The lowest BCUT2D eigenvalue weighted by atomic mass is 9.97. The van der Waals surface area contributed by atoms with Crippen LogP contribution in [0.5, 0.6) is 5.75 Å². The molecule has 172 valence electrons. The van der Waals surface area contributed by atoms with Crippen LogP contribution >= 0.6 is 22.7 Å². The Balaban J connectivity index is 1.25. The lowest BCUT2D eigenvalue weighted by Crippen LogP contribution is -1.90. The van der Waals surface area contributed by atoms with E-state index in [2.05, 4.69) is 54.6 Å². The molecule has 2 heterocycles. The number of hydrogen-bond acceptors (Lipinski definition) is 3. The predicted molar refractivity (Wildman–Crippen MR) is 151 cm³/mol. The zero-order chi connectivity index (χ0) is 24.0. The van der Waals surface area contributed by atoms with Crippen LogP contribution in [0.2, 0.25) is 0 Å². The first-order chi connectivity index (χ1) is 17.7. The van der Waals surface area contributed by atoms with Crippen LogP contribution in [0.15, 0.2) is 84.9 Å². The molecule has 8 rings (SSSR count). The van der Waals surface area contributed by atoms with E-state index in [1.165, 1.54) is 81.4 Å². The minimum atomic E-state index is -0.200. The summed E-state index contributed by atoms with van der Waals surface area (Å²) in [4.78, 5) is 5.12. The molecule has 0 amide bonds. The Morgan fingerprint density at radius 1 is 0.611 bits per heavy atom. The summed E-state index contributed by atoms with van der Waals surface area (Å²) < 4.78 is 19.2. The number of thiophene rings is 2. The van der Waals surface area contributed by atoms with Crippen LogP contribution in [0.4, 0.5) is 4.39 Å². The second-order valence-electron chi connectivity index (χ2n) is 9.25. The van der Waals surface area contributed by atoms with Gasteiger partial charge >= 0.3 is 0 Å². The van der Waals surface area contributed by atoms with Gasteiger partial charge in [-0.3, -0.25) is 0 Å². The van der Waals surface area contributed by atoms with Crippen molar-refractivity contribution in [1.29, 1.82) is 0 Å². The summed E-state index contributed by atoms with van der Waals surface area (Å²) in [7, 11) is 0. The summed E-state index contributed by atoms with van der Waals surface area (Å²) in [6.07, 6.45) is 0. The number of halogens is 1. The second-order valence-corrected chi connectivity index (χ2v) is 11.4. The highest BCUT2D eigenvalue weighted by atomic mass is 32.1. The predicted octanol–water partition coefficient (Wildman–Crippen LogP) is 10.1. The molecule has 2 aliphatic carbocycles. The highest BCUT2D eigenvalue weighted by Gasteiger charge is 2.32. The molecule has 0 bridgehead atoms. The van der Waals surface area contributed by atoms with Gasteiger partial charge in [-0.2, -0.15) is 0 Å². The molecule has 0 atom stereocenters. The highest BCUT2D eigenvalue weighted by Crippen LogP contribution is 2.60. The molecule has 0 fully saturated rings. The van der Waals surface area contributed by atoms with Crippen LogP contribution in [-0.2, 0) is 0 Å². The van der Waals surface area contributed by atoms with Gasteiger partial charge in [0, 0.05) is 41.8 Å². The maximum Gasteiger partial charge on any atom is 0.123 e. The normalized spacial score (nSPS) is 12.3. The molecule has 0 unspecified atom stereocenters. The third-order valence-corrected chi connectivity index (χ3v) is 9.69. The van der Waals surface area contributed by atoms with E-state index in [1.54, 1.807) is 11.3 Å². The number of ether oxygens (including phenoxy) is 1. The van der Waals surface area contributed by atoms with E-state index in [1.807, 2.05) is 36.5 Å². The summed E-state index contributed by atoms with van der Waals surface area (Å²) in [5, 5.41) is 2.76. The van der Waals surface area contributed by atoms with Crippen LogP contribution < -0.4 is 4.74 Å². The molecule has 2 aromatic heterocycles. The molecule has 2 aliphatic rings. The van der Waals surface area contributed by atoms with Crippen LogP contribution in [0.1, 0.15) is 6.92 Å². The second kappa shape index (κ2) is 7.39. The van der Waals surface area contributed by atoms with Gasteiger partial charge in [-0.05, 0) is 76.3 Å². The van der Waals surface area contributed by atoms with Gasteiger partial charge < -0.3 is 4.74 Å². The summed E-state index contributed by atoms with van der Waals surface area (Å²) in [6, 6.07) is 29.0. The van der Waals surface area contributed by atoms with E-state index < -0.39 is 0 Å². The Bertz CT molecular complexity index is 1770. The van der Waals surface area contributed by atoms with Crippen molar-refractivity contribution in [3.63, 3.8) is 0 Å². The lowest BCUT2D eigenvalue weighted by Gasteiger charge is -2.08. The summed E-state index contributed by atoms with van der Waals surface area (Å²) in [6.45, 7) is 2.68. The third-order valence-electron chi connectivity index (χ3n) is 7.25. The molecule has 6 aromatic rings. The molecule has 4 heteroatoms. The number of rotatable bonds is 4. The third kappa shape index (κ3) is 2.74. The van der Waals surface area contributed by atoms with E-state index >= 15 is 0 Å². The van der Waals surface area contributed by atoms with Gasteiger partial charge in [0.15, 0.2) is 0 Å². The van der Waals surface area contributed by atoms with Crippen LogP contribution in [0.25, 0.3) is 74.8 Å². The molecular weight excluding hydrogens is 483 g/mol. The average Bonchev–Trinajstić information content (AvgIpc) is 3.64. The fraction of sp³-hybridized carbons (Fsp3) is 0.0625. The zero-order valence-electron chi connectivity index (χ0n) is 19.4. The van der Waals surface area contributed by atoms with Crippen molar-refractivity contribution in [3.05, 3.63) is 90.7 Å². The van der Waals surface area contributed by atoms with Gasteiger partial charge in [0.2, 0.25) is 0 Å². The molecule has 36 heavy (non-hydrogen) atoms. The van der Waals surface area contributed by atoms with Gasteiger partial charge in [0.05, 0.1) is 6.61 Å². The number of hydrogen-bond donors (Lipinski definition) is 0. The minimum absolute atomic E-state index is 0.200. The fourth-order valence-electron chi connectivity index (χ4n) is 5.71. The molecule has 1 nitrogen and oxygen atoms in total. The van der Waals surface area contributed by atoms with Crippen molar-refractivity contribution in [2.75, 3.05) is 6.61 Å². The van der Waals surface area contributed by atoms with E-state index in [9.17, 15) is 4.39 Å². The molecule has 0 spiro atoms. The Morgan fingerprint density at radius 2 is 1.19 bits per heavy atom. The number of fused-ring (bicyclic) bond motifs is 6. The van der Waals surface area contributed by atoms with E-state index in [4.69, 9.17) is 4.74 Å². The summed E-state index contributed by atoms with van der Waals surface area (Å²) >= 11 is 3.67. The average molecular weight is 503 g/mol. The monoisotopic (exact) mass is 502 g/mol. The van der Waals surface area contributed by atoms with Crippen molar-refractivity contribution in [2.45, 2.75) is 6.92 Å². The minimum Gasteiger partial charge on any atom is -0.494 e. The molecule has 4 aromatic carbocycles. The first-order valence-electron chi connectivity index (χ1n) is 12.1. The van der Waals surface area contributed by atoms with Crippen LogP contribution in [0.3, 0.4) is 0 Å². The van der Waals surface area contributed by atoms with Gasteiger partial charge in [0.1, 0.15) is 11.6 Å². The smallest absolute Gasteiger partial charge is 0.123 e. The molecule has 0 aliphatic heterocycles. The summed E-state index contributed by atoms with van der Waals surface area (Å²) in [5.41, 5.74) is 10.2. The molecular formula is C32H19FOS2. The molecule has 0 saturated heterocycles. The lowest BCUT2D eigenvalue weighted by molar-refractivity contribution is 0.340. The van der Waals surface area contributed by atoms with Gasteiger partial charge in [-0.15, -0.1) is 22.7 Å². The standard InChI is InChI=1S/C32H19FOS2/c1-2-34-20-5-3-4-18(14-20)28-16-26-22-11-10-21-25-15-27(17-6-8-19(33)9-7-17)35-31(25)23-12-13-24(32(26)36-28)30(22)29(21)23/h3-16H,2H2,1H3. The fourth-order valence-corrected chi connectivity index (χ4v) is 8.12. The van der Waals surface area contributed by atoms with E-state index in [0.717, 1.165) is 11.3 Å². The van der Waals surface area contributed by atoms with Crippen molar-refractivity contribution >= 4 is 33.4 Å². The van der Waals surface area contributed by atoms with Crippen LogP contribution in [0, 0.1) is 5.82 Å². The Morgan fingerprint density at radius 3 is 1.81 bits per heavy atom. The SMILES string of the molecule is CCOc1cccc(-c2cc3c(s2)-c2ccc4c5c(ccc-3c25)-c2cc(-c3ccc(F)cc3)sc2-4)c1. The molecule has 0 saturated carbocycles. The van der Waals surface area contributed by atoms with Crippen molar-refractivity contribution in [2.24, 2.45) is 0 Å². The number of benzene rings is 4. The Hall–Kier alpha value is -3.73. The van der Waals surface area contributed by atoms with Crippen molar-refractivity contribution in [3.8, 4) is 69.8 Å². The zero-order valence-corrected chi connectivity index (χ0v) is 21.0. The summed E-state index contributed by atoms with van der Waals surface area (Å²) in [5.74, 6) is 0.714. The van der Waals surface area contributed by atoms with Gasteiger partial charge in [0.25, 0.3) is 0 Å². The van der Waals surface area contributed by atoms with Crippen molar-refractivity contribution < 1.29 is 9.13 Å². The van der Waals surface area contributed by atoms with E-state index in [0.29, 0.717) is 6.61 Å². The van der Waals surface area contributed by atoms with Gasteiger partial charge in [-0.25, -0.2) is 4.39 Å². The highest BCUT2D eigenvalue weighted by molar-refractivity contribution is 7.20. The largest absolute Gasteiger partial charge is 0.494 e. The van der Waals surface area contributed by atoms with Crippen molar-refractivity contribution in [1.82, 2.24) is 0 Å². The maximum atomic E-state index is 13.4. The topological polar surface area (TPSA) is 9.23 Å². The molecule has 0 N–H and O–H groups in total. The van der Waals surface area contributed by atoms with E-state index in [-0.39, 0.29) is 5.82 Å².